The minimum absolute atomic E-state index is 0.0369. The molecule has 0 unspecified atom stereocenters. The van der Waals surface area contributed by atoms with Gasteiger partial charge in [-0.1, -0.05) is 0 Å². The molecule has 104 valence electrons. The molecule has 0 bridgehead atoms. The van der Waals surface area contributed by atoms with Crippen LogP contribution in [-0.2, 0) is 9.53 Å². The summed E-state index contributed by atoms with van der Waals surface area (Å²) in [4.78, 5) is 27.7. The number of rotatable bonds is 2. The Labute approximate surface area is 117 Å². The van der Waals surface area contributed by atoms with Gasteiger partial charge < -0.3 is 9.64 Å². The Morgan fingerprint density at radius 3 is 2.74 bits per heavy atom. The van der Waals surface area contributed by atoms with Crippen molar-refractivity contribution in [3.05, 3.63) is 21.4 Å². The Morgan fingerprint density at radius 1 is 1.42 bits per heavy atom. The lowest BCUT2D eigenvalue weighted by molar-refractivity contribution is -0.146. The highest BCUT2D eigenvalue weighted by atomic mass is 32.1. The van der Waals surface area contributed by atoms with Crippen molar-refractivity contribution in [1.82, 2.24) is 4.90 Å². The second kappa shape index (κ2) is 5.74. The van der Waals surface area contributed by atoms with Gasteiger partial charge in [-0.3, -0.25) is 9.59 Å². The highest BCUT2D eigenvalue weighted by Crippen LogP contribution is 2.25. The van der Waals surface area contributed by atoms with Gasteiger partial charge in [0, 0.05) is 18.0 Å². The van der Waals surface area contributed by atoms with Crippen LogP contribution in [0.1, 0.15) is 33.0 Å². The maximum Gasteiger partial charge on any atom is 0.310 e. The van der Waals surface area contributed by atoms with Gasteiger partial charge in [-0.2, -0.15) is 0 Å². The Kier molecular flexibility index (Phi) is 4.24. The molecule has 1 aromatic rings. The van der Waals surface area contributed by atoms with E-state index in [2.05, 4.69) is 0 Å². The van der Waals surface area contributed by atoms with E-state index < -0.39 is 0 Å². The van der Waals surface area contributed by atoms with E-state index >= 15 is 0 Å². The molecule has 1 aliphatic heterocycles. The number of hydrogen-bond donors (Lipinski definition) is 0. The van der Waals surface area contributed by atoms with E-state index in [0.29, 0.717) is 6.54 Å². The molecule has 4 nitrogen and oxygen atoms in total. The number of piperidine rings is 1. The van der Waals surface area contributed by atoms with Crippen LogP contribution >= 0.6 is 11.3 Å². The van der Waals surface area contributed by atoms with Crippen molar-refractivity contribution >= 4 is 23.2 Å². The van der Waals surface area contributed by atoms with Crippen LogP contribution in [0.2, 0.25) is 0 Å². The number of amides is 1. The molecular formula is C14H19NO3S. The molecule has 1 atom stereocenters. The van der Waals surface area contributed by atoms with Gasteiger partial charge in [-0.25, -0.2) is 0 Å². The molecule has 1 saturated heterocycles. The molecule has 2 rings (SSSR count). The maximum absolute atomic E-state index is 12.4. The zero-order chi connectivity index (χ0) is 14.0. The quantitative estimate of drug-likeness (QED) is 0.782. The van der Waals surface area contributed by atoms with Gasteiger partial charge in [0.1, 0.15) is 0 Å². The number of methoxy groups -OCH3 is 1. The molecular weight excluding hydrogens is 262 g/mol. The predicted molar refractivity (Wildman–Crippen MR) is 74.4 cm³/mol. The van der Waals surface area contributed by atoms with E-state index in [0.717, 1.165) is 29.8 Å². The van der Waals surface area contributed by atoms with Gasteiger partial charge >= 0.3 is 5.97 Å². The summed E-state index contributed by atoms with van der Waals surface area (Å²) in [5.41, 5.74) is 1.15. The van der Waals surface area contributed by atoms with Crippen LogP contribution in [0, 0.1) is 19.8 Å². The van der Waals surface area contributed by atoms with Crippen LogP contribution in [0.4, 0.5) is 0 Å². The third-order valence-electron chi connectivity index (χ3n) is 3.62. The normalized spacial score (nSPS) is 19.3. The van der Waals surface area contributed by atoms with Crippen molar-refractivity contribution in [3.8, 4) is 0 Å². The zero-order valence-electron chi connectivity index (χ0n) is 11.6. The average Bonchev–Trinajstić information content (AvgIpc) is 2.77. The standard InChI is InChI=1S/C14H19NO3S/c1-9-7-12(19-10(9)2)13(16)15-6-4-5-11(8-15)14(17)18-3/h7,11H,4-6,8H2,1-3H3/t11-/m0/s1. The fourth-order valence-electron chi connectivity index (χ4n) is 2.36. The van der Waals surface area contributed by atoms with Gasteiger partial charge in [0.15, 0.2) is 0 Å². The molecule has 1 aromatic heterocycles. The molecule has 1 aliphatic rings. The van der Waals surface area contributed by atoms with Crippen LogP contribution in [0.15, 0.2) is 6.07 Å². The third kappa shape index (κ3) is 2.97. The van der Waals surface area contributed by atoms with Gasteiger partial charge in [0.25, 0.3) is 5.91 Å². The number of carbonyl (C=O) groups is 2. The van der Waals surface area contributed by atoms with Gasteiger partial charge in [0.2, 0.25) is 0 Å². The average molecular weight is 281 g/mol. The summed E-state index contributed by atoms with van der Waals surface area (Å²) in [6.07, 6.45) is 1.66. The number of hydrogen-bond acceptors (Lipinski definition) is 4. The van der Waals surface area contributed by atoms with E-state index in [1.807, 2.05) is 19.9 Å². The number of carbonyl (C=O) groups excluding carboxylic acids is 2. The minimum atomic E-state index is -0.212. The van der Waals surface area contributed by atoms with Crippen LogP contribution < -0.4 is 0 Å². The fraction of sp³-hybridized carbons (Fsp3) is 0.571. The van der Waals surface area contributed by atoms with Crippen LogP contribution in [0.5, 0.6) is 0 Å². The zero-order valence-corrected chi connectivity index (χ0v) is 12.4. The molecule has 0 aliphatic carbocycles. The first-order valence-electron chi connectivity index (χ1n) is 6.47. The van der Waals surface area contributed by atoms with Crippen LogP contribution in [0.25, 0.3) is 0 Å². The summed E-state index contributed by atoms with van der Waals surface area (Å²) in [7, 11) is 1.40. The van der Waals surface area contributed by atoms with E-state index in [1.165, 1.54) is 23.3 Å². The Balaban J connectivity index is 2.09. The van der Waals surface area contributed by atoms with E-state index in [9.17, 15) is 9.59 Å². The summed E-state index contributed by atoms with van der Waals surface area (Å²) in [6.45, 7) is 5.23. The first-order valence-corrected chi connectivity index (χ1v) is 7.28. The van der Waals surface area contributed by atoms with Crippen molar-refractivity contribution < 1.29 is 14.3 Å². The Bertz CT molecular complexity index is 475. The van der Waals surface area contributed by atoms with Gasteiger partial charge in [-0.05, 0) is 38.3 Å². The molecule has 1 fully saturated rings. The summed E-state index contributed by atoms with van der Waals surface area (Å²) < 4.78 is 4.77. The summed E-state index contributed by atoms with van der Waals surface area (Å²) >= 11 is 1.52. The highest BCUT2D eigenvalue weighted by molar-refractivity contribution is 7.14. The number of likely N-dealkylation sites (tertiary alicyclic amines) is 1. The highest BCUT2D eigenvalue weighted by Gasteiger charge is 2.30. The molecule has 0 spiro atoms. The second-order valence-corrected chi connectivity index (χ2v) is 6.22. The first-order chi connectivity index (χ1) is 9.02. The molecule has 0 aromatic carbocycles. The Hall–Kier alpha value is -1.36. The van der Waals surface area contributed by atoms with Crippen molar-refractivity contribution in [2.45, 2.75) is 26.7 Å². The van der Waals surface area contributed by atoms with Crippen LogP contribution in [0.3, 0.4) is 0 Å². The van der Waals surface area contributed by atoms with E-state index in [-0.39, 0.29) is 17.8 Å². The van der Waals surface area contributed by atoms with E-state index in [1.54, 1.807) is 4.90 Å². The molecule has 0 saturated carbocycles. The Morgan fingerprint density at radius 2 is 2.16 bits per heavy atom. The van der Waals surface area contributed by atoms with Crippen molar-refractivity contribution in [2.24, 2.45) is 5.92 Å². The molecule has 1 amide bonds. The lowest BCUT2D eigenvalue weighted by atomic mass is 9.98. The van der Waals surface area contributed by atoms with Gasteiger partial charge in [0.05, 0.1) is 17.9 Å². The number of ether oxygens (including phenoxy) is 1. The smallest absolute Gasteiger partial charge is 0.310 e. The van der Waals surface area contributed by atoms with Gasteiger partial charge in [-0.15, -0.1) is 11.3 Å². The minimum Gasteiger partial charge on any atom is -0.469 e. The molecule has 2 heterocycles. The lowest BCUT2D eigenvalue weighted by Gasteiger charge is -2.31. The summed E-state index contributed by atoms with van der Waals surface area (Å²) in [6, 6.07) is 1.93. The lowest BCUT2D eigenvalue weighted by Crippen LogP contribution is -2.42. The number of esters is 1. The van der Waals surface area contributed by atoms with Crippen LogP contribution in [-0.4, -0.2) is 37.0 Å². The number of nitrogens with zero attached hydrogens (tertiary/aromatic N) is 1. The monoisotopic (exact) mass is 281 g/mol. The predicted octanol–water partition coefficient (Wildman–Crippen LogP) is 2.39. The number of aryl methyl sites for hydroxylation is 2. The van der Waals surface area contributed by atoms with E-state index in [4.69, 9.17) is 4.74 Å². The largest absolute Gasteiger partial charge is 0.469 e. The molecule has 0 N–H and O–H groups in total. The fourth-order valence-corrected chi connectivity index (χ4v) is 3.36. The molecule has 0 radical (unpaired) electrons. The van der Waals surface area contributed by atoms with Crippen molar-refractivity contribution in [3.63, 3.8) is 0 Å². The second-order valence-electron chi connectivity index (χ2n) is 4.96. The number of thiophene rings is 1. The molecule has 19 heavy (non-hydrogen) atoms. The SMILES string of the molecule is COC(=O)[C@H]1CCCN(C(=O)c2cc(C)c(C)s2)C1. The third-order valence-corrected chi connectivity index (χ3v) is 4.76. The molecule has 5 heteroatoms. The van der Waals surface area contributed by atoms with Crippen molar-refractivity contribution in [1.29, 1.82) is 0 Å². The topological polar surface area (TPSA) is 46.6 Å². The maximum atomic E-state index is 12.4. The summed E-state index contributed by atoms with van der Waals surface area (Å²) in [5.74, 6) is -0.351. The van der Waals surface area contributed by atoms with Crippen molar-refractivity contribution in [2.75, 3.05) is 20.2 Å². The summed E-state index contributed by atoms with van der Waals surface area (Å²) in [5, 5.41) is 0. The first kappa shape index (κ1) is 14.1.